The number of nitrogens with one attached hydrogen (secondary N) is 2. The largest absolute Gasteiger partial charge is 0.326 e. The van der Waals surface area contributed by atoms with Crippen LogP contribution in [0.25, 0.3) is 22.2 Å². The molecule has 0 aliphatic heterocycles. The minimum atomic E-state index is -0.483. The van der Waals surface area contributed by atoms with Crippen molar-refractivity contribution in [2.75, 3.05) is 5.32 Å². The monoisotopic (exact) mass is 427 g/mol. The first-order chi connectivity index (χ1) is 13.9. The lowest BCUT2D eigenvalue weighted by Crippen LogP contribution is -2.13. The molecule has 0 fully saturated rings. The van der Waals surface area contributed by atoms with Crippen LogP contribution in [-0.2, 0) is 0 Å². The summed E-state index contributed by atoms with van der Waals surface area (Å²) in [6, 6.07) is 12.4. The number of rotatable bonds is 4. The van der Waals surface area contributed by atoms with E-state index in [9.17, 15) is 14.9 Å². The minimum Gasteiger partial charge on any atom is -0.326 e. The fourth-order valence-corrected chi connectivity index (χ4v) is 3.41. The van der Waals surface area contributed by atoms with Crippen molar-refractivity contribution in [2.45, 2.75) is 0 Å². The molecule has 2 heterocycles. The first-order valence-corrected chi connectivity index (χ1v) is 9.03. The molecule has 0 bridgehead atoms. The highest BCUT2D eigenvalue weighted by molar-refractivity contribution is 6.35. The third-order valence-corrected chi connectivity index (χ3v) is 4.56. The van der Waals surface area contributed by atoms with E-state index in [0.29, 0.717) is 26.9 Å². The third-order valence-electron chi connectivity index (χ3n) is 4.12. The Labute approximate surface area is 173 Å². The zero-order chi connectivity index (χ0) is 20.5. The molecule has 8 nitrogen and oxygen atoms in total. The number of benzene rings is 2. The summed E-state index contributed by atoms with van der Waals surface area (Å²) in [5.41, 5.74) is 1.53. The van der Waals surface area contributed by atoms with Crippen LogP contribution in [0.3, 0.4) is 0 Å². The van der Waals surface area contributed by atoms with Gasteiger partial charge in [-0.1, -0.05) is 23.2 Å². The van der Waals surface area contributed by atoms with Crippen molar-refractivity contribution in [3.63, 3.8) is 0 Å². The molecule has 0 unspecified atom stereocenters. The van der Waals surface area contributed by atoms with Gasteiger partial charge in [-0.2, -0.15) is 4.98 Å². The summed E-state index contributed by atoms with van der Waals surface area (Å²) in [4.78, 5) is 34.3. The summed E-state index contributed by atoms with van der Waals surface area (Å²) < 4.78 is 0. The zero-order valence-corrected chi connectivity index (χ0v) is 16.0. The average molecular weight is 428 g/mol. The highest BCUT2D eigenvalue weighted by Gasteiger charge is 2.13. The van der Waals surface area contributed by atoms with Crippen LogP contribution < -0.4 is 10.9 Å². The fraction of sp³-hybridized carbons (Fsp3) is 0. The first-order valence-electron chi connectivity index (χ1n) is 8.28. The number of halogens is 2. The lowest BCUT2D eigenvalue weighted by molar-refractivity contribution is -0.384. The summed E-state index contributed by atoms with van der Waals surface area (Å²) in [6.07, 6.45) is 1.52. The smallest absolute Gasteiger partial charge is 0.269 e. The standard InChI is InChI=1S/C19H11Cl2N5O3/c20-11-7-12(21)9-13(8-11)23-19-24-17-16(18(27)25-19)15(5-6-22-17)10-1-3-14(4-2-10)26(28)29/h1-9H,(H2,22,23,24,25,27). The number of nitrogens with zero attached hydrogens (tertiary/aromatic N) is 3. The predicted molar refractivity (Wildman–Crippen MR) is 112 cm³/mol. The van der Waals surface area contributed by atoms with Gasteiger partial charge in [-0.05, 0) is 47.5 Å². The Kier molecular flexibility index (Phi) is 4.87. The highest BCUT2D eigenvalue weighted by atomic mass is 35.5. The molecule has 0 amide bonds. The van der Waals surface area contributed by atoms with Crippen LogP contribution >= 0.6 is 23.2 Å². The summed E-state index contributed by atoms with van der Waals surface area (Å²) in [7, 11) is 0. The highest BCUT2D eigenvalue weighted by Crippen LogP contribution is 2.28. The van der Waals surface area contributed by atoms with E-state index >= 15 is 0 Å². The van der Waals surface area contributed by atoms with Crippen molar-refractivity contribution in [2.24, 2.45) is 0 Å². The van der Waals surface area contributed by atoms with Gasteiger partial charge in [-0.3, -0.25) is 19.9 Å². The Morgan fingerprint density at radius 3 is 2.38 bits per heavy atom. The Hall–Kier alpha value is -3.49. The van der Waals surface area contributed by atoms with E-state index in [1.54, 1.807) is 36.4 Å². The van der Waals surface area contributed by atoms with Crippen molar-refractivity contribution in [1.82, 2.24) is 15.0 Å². The summed E-state index contributed by atoms with van der Waals surface area (Å²) in [5, 5.41) is 14.9. The quantitative estimate of drug-likeness (QED) is 0.352. The van der Waals surface area contributed by atoms with Gasteiger partial charge in [0.05, 0.1) is 10.3 Å². The maximum absolute atomic E-state index is 12.8. The van der Waals surface area contributed by atoms with E-state index in [1.165, 1.54) is 18.3 Å². The van der Waals surface area contributed by atoms with E-state index in [-0.39, 0.29) is 22.7 Å². The maximum atomic E-state index is 12.8. The Morgan fingerprint density at radius 1 is 1.03 bits per heavy atom. The van der Waals surface area contributed by atoms with Gasteiger partial charge < -0.3 is 5.32 Å². The van der Waals surface area contributed by atoms with Gasteiger partial charge in [0, 0.05) is 34.1 Å². The second-order valence-electron chi connectivity index (χ2n) is 6.06. The SMILES string of the molecule is O=c1[nH]c(Nc2cc(Cl)cc(Cl)c2)nc2nccc(-c3ccc([N+](=O)[O-])cc3)c12. The molecule has 0 spiro atoms. The molecule has 0 radical (unpaired) electrons. The van der Waals surface area contributed by atoms with Crippen LogP contribution in [-0.4, -0.2) is 19.9 Å². The number of H-pyrrole nitrogens is 1. The van der Waals surface area contributed by atoms with Crippen LogP contribution in [0.4, 0.5) is 17.3 Å². The lowest BCUT2D eigenvalue weighted by Gasteiger charge is -2.09. The van der Waals surface area contributed by atoms with E-state index in [4.69, 9.17) is 23.2 Å². The topological polar surface area (TPSA) is 114 Å². The number of hydrogen-bond acceptors (Lipinski definition) is 6. The molecule has 0 saturated carbocycles. The molecule has 2 N–H and O–H groups in total. The molecule has 2 aromatic heterocycles. The van der Waals surface area contributed by atoms with Crippen LogP contribution in [0.1, 0.15) is 0 Å². The van der Waals surface area contributed by atoms with Gasteiger partial charge in [-0.25, -0.2) is 4.98 Å². The number of aromatic amines is 1. The number of pyridine rings is 1. The number of fused-ring (bicyclic) bond motifs is 1. The van der Waals surface area contributed by atoms with Gasteiger partial charge in [-0.15, -0.1) is 0 Å². The van der Waals surface area contributed by atoms with Crippen LogP contribution in [0, 0.1) is 10.1 Å². The third kappa shape index (κ3) is 3.89. The molecule has 2 aromatic carbocycles. The van der Waals surface area contributed by atoms with E-state index < -0.39 is 10.5 Å². The first kappa shape index (κ1) is 18.9. The van der Waals surface area contributed by atoms with E-state index in [1.807, 2.05) is 0 Å². The van der Waals surface area contributed by atoms with Gasteiger partial charge in [0.25, 0.3) is 11.2 Å². The van der Waals surface area contributed by atoms with Crippen molar-refractivity contribution >= 4 is 51.6 Å². The number of aromatic nitrogens is 3. The second-order valence-corrected chi connectivity index (χ2v) is 6.93. The Balaban J connectivity index is 1.78. The summed E-state index contributed by atoms with van der Waals surface area (Å²) in [6.45, 7) is 0. The van der Waals surface area contributed by atoms with Crippen molar-refractivity contribution in [1.29, 1.82) is 0 Å². The molecule has 144 valence electrons. The molecule has 4 aromatic rings. The van der Waals surface area contributed by atoms with E-state index in [2.05, 4.69) is 20.3 Å². The summed E-state index contributed by atoms with van der Waals surface area (Å²) >= 11 is 12.0. The van der Waals surface area contributed by atoms with E-state index in [0.717, 1.165) is 0 Å². The minimum absolute atomic E-state index is 0.0363. The Morgan fingerprint density at radius 2 is 1.72 bits per heavy atom. The summed E-state index contributed by atoms with van der Waals surface area (Å²) in [5.74, 6) is 0.175. The Bertz CT molecular complexity index is 1290. The zero-order valence-electron chi connectivity index (χ0n) is 14.5. The average Bonchev–Trinajstić information content (AvgIpc) is 2.66. The number of hydrogen-bond donors (Lipinski definition) is 2. The lowest BCUT2D eigenvalue weighted by atomic mass is 10.0. The number of non-ortho nitro benzene ring substituents is 1. The molecule has 10 heteroatoms. The molecular formula is C19H11Cl2N5O3. The second kappa shape index (κ2) is 7.50. The molecule has 0 saturated heterocycles. The van der Waals surface area contributed by atoms with Crippen molar-refractivity contribution in [3.05, 3.63) is 85.2 Å². The van der Waals surface area contributed by atoms with Gasteiger partial charge in [0.1, 0.15) is 0 Å². The number of nitro groups is 1. The van der Waals surface area contributed by atoms with Crippen LogP contribution in [0.5, 0.6) is 0 Å². The van der Waals surface area contributed by atoms with Crippen LogP contribution in [0.2, 0.25) is 10.0 Å². The molecule has 4 rings (SSSR count). The normalized spacial score (nSPS) is 10.8. The predicted octanol–water partition coefficient (Wildman–Crippen LogP) is 4.94. The number of anilines is 2. The molecule has 0 aliphatic carbocycles. The molecule has 29 heavy (non-hydrogen) atoms. The maximum Gasteiger partial charge on any atom is 0.269 e. The molecular weight excluding hydrogens is 417 g/mol. The van der Waals surface area contributed by atoms with Gasteiger partial charge in [0.2, 0.25) is 5.95 Å². The van der Waals surface area contributed by atoms with Crippen molar-refractivity contribution in [3.8, 4) is 11.1 Å². The van der Waals surface area contributed by atoms with Gasteiger partial charge >= 0.3 is 0 Å². The fourth-order valence-electron chi connectivity index (χ4n) is 2.89. The van der Waals surface area contributed by atoms with Gasteiger partial charge in [0.15, 0.2) is 5.65 Å². The number of nitro benzene ring substituents is 1. The van der Waals surface area contributed by atoms with Crippen molar-refractivity contribution < 1.29 is 4.92 Å². The molecule has 0 aliphatic rings. The molecule has 0 atom stereocenters. The van der Waals surface area contributed by atoms with Crippen LogP contribution in [0.15, 0.2) is 59.5 Å².